The number of halogens is 2. The highest BCUT2D eigenvalue weighted by atomic mass is 19.1. The number of carbonyl (C=O) groups excluding carboxylic acids is 1. The van der Waals surface area contributed by atoms with Gasteiger partial charge in [0.05, 0.1) is 6.42 Å². The molecular formula is C18H22F2O2. The van der Waals surface area contributed by atoms with Gasteiger partial charge in [0.1, 0.15) is 17.7 Å². The molecule has 4 heteroatoms. The molecular weight excluding hydrogens is 286 g/mol. The largest absolute Gasteiger partial charge is 0.462 e. The van der Waals surface area contributed by atoms with E-state index in [4.69, 9.17) is 4.74 Å². The Labute approximate surface area is 129 Å². The van der Waals surface area contributed by atoms with Crippen molar-refractivity contribution in [2.24, 2.45) is 16.7 Å². The molecule has 0 N–H and O–H groups in total. The molecule has 0 aliphatic heterocycles. The van der Waals surface area contributed by atoms with Crippen molar-refractivity contribution >= 4 is 5.97 Å². The van der Waals surface area contributed by atoms with Gasteiger partial charge in [-0.3, -0.25) is 4.79 Å². The van der Waals surface area contributed by atoms with Gasteiger partial charge in [-0.15, -0.1) is 0 Å². The van der Waals surface area contributed by atoms with Crippen LogP contribution in [0.25, 0.3) is 0 Å². The molecule has 0 radical (unpaired) electrons. The number of fused-ring (bicyclic) bond motifs is 2. The Hall–Kier alpha value is -1.45. The van der Waals surface area contributed by atoms with Gasteiger partial charge in [0, 0.05) is 11.5 Å². The summed E-state index contributed by atoms with van der Waals surface area (Å²) in [5.41, 5.74) is 0.340. The second-order valence-corrected chi connectivity index (χ2v) is 7.50. The van der Waals surface area contributed by atoms with E-state index in [0.29, 0.717) is 5.92 Å². The summed E-state index contributed by atoms with van der Waals surface area (Å²) in [5, 5.41) is 0. The first-order valence-corrected chi connectivity index (χ1v) is 7.87. The van der Waals surface area contributed by atoms with Gasteiger partial charge in [-0.05, 0) is 42.2 Å². The van der Waals surface area contributed by atoms with Crippen LogP contribution in [-0.2, 0) is 16.0 Å². The predicted molar refractivity (Wildman–Crippen MR) is 79.2 cm³/mol. The molecule has 2 fully saturated rings. The van der Waals surface area contributed by atoms with Crippen LogP contribution in [0.2, 0.25) is 0 Å². The summed E-state index contributed by atoms with van der Waals surface area (Å²) in [5.74, 6) is -1.19. The Morgan fingerprint density at radius 1 is 1.32 bits per heavy atom. The van der Waals surface area contributed by atoms with Crippen molar-refractivity contribution in [1.29, 1.82) is 0 Å². The fraction of sp³-hybridized carbons (Fsp3) is 0.611. The van der Waals surface area contributed by atoms with Gasteiger partial charge in [0.25, 0.3) is 0 Å². The number of esters is 1. The van der Waals surface area contributed by atoms with E-state index in [1.807, 2.05) is 0 Å². The monoisotopic (exact) mass is 308 g/mol. The Morgan fingerprint density at radius 3 is 2.59 bits per heavy atom. The summed E-state index contributed by atoms with van der Waals surface area (Å²) in [6.45, 7) is 6.69. The summed E-state index contributed by atoms with van der Waals surface area (Å²) in [7, 11) is 0. The first-order valence-electron chi connectivity index (χ1n) is 7.87. The molecule has 1 aromatic rings. The number of hydrogen-bond donors (Lipinski definition) is 0. The quantitative estimate of drug-likeness (QED) is 0.780. The SMILES string of the molecule is CC1(C)[C@@H]2CC[C@]1(C)[C@@H](OC(=O)Cc1ccc(F)cc1F)C2. The second kappa shape index (κ2) is 5.04. The zero-order chi connectivity index (χ0) is 16.1. The lowest BCUT2D eigenvalue weighted by Crippen LogP contribution is -2.38. The summed E-state index contributed by atoms with van der Waals surface area (Å²) < 4.78 is 32.2. The van der Waals surface area contributed by atoms with Crippen LogP contribution in [-0.4, -0.2) is 12.1 Å². The number of rotatable bonds is 3. The molecule has 22 heavy (non-hydrogen) atoms. The van der Waals surface area contributed by atoms with Crippen LogP contribution in [0.4, 0.5) is 8.78 Å². The van der Waals surface area contributed by atoms with Crippen LogP contribution < -0.4 is 0 Å². The van der Waals surface area contributed by atoms with Crippen molar-refractivity contribution in [2.45, 2.75) is 52.6 Å². The number of carbonyl (C=O) groups is 1. The summed E-state index contributed by atoms with van der Waals surface area (Å²) in [6, 6.07) is 3.26. The molecule has 2 bridgehead atoms. The zero-order valence-corrected chi connectivity index (χ0v) is 13.3. The van der Waals surface area contributed by atoms with Crippen molar-refractivity contribution in [3.05, 3.63) is 35.4 Å². The molecule has 2 nitrogen and oxygen atoms in total. The Balaban J connectivity index is 1.68. The molecule has 0 heterocycles. The topological polar surface area (TPSA) is 26.3 Å². The maximum Gasteiger partial charge on any atom is 0.310 e. The van der Waals surface area contributed by atoms with Gasteiger partial charge in [0.2, 0.25) is 0 Å². The van der Waals surface area contributed by atoms with Gasteiger partial charge in [-0.25, -0.2) is 8.78 Å². The maximum absolute atomic E-state index is 13.6. The van der Waals surface area contributed by atoms with Crippen molar-refractivity contribution in [3.8, 4) is 0 Å². The van der Waals surface area contributed by atoms with Gasteiger partial charge < -0.3 is 4.74 Å². The first-order chi connectivity index (χ1) is 10.2. The van der Waals surface area contributed by atoms with Crippen molar-refractivity contribution < 1.29 is 18.3 Å². The molecule has 0 spiro atoms. The van der Waals surface area contributed by atoms with E-state index in [0.717, 1.165) is 25.0 Å². The van der Waals surface area contributed by atoms with E-state index >= 15 is 0 Å². The molecule has 1 aromatic carbocycles. The van der Waals surface area contributed by atoms with Gasteiger partial charge in [-0.1, -0.05) is 26.8 Å². The minimum atomic E-state index is -0.698. The number of hydrogen-bond acceptors (Lipinski definition) is 2. The lowest BCUT2D eigenvalue weighted by Gasteiger charge is -2.38. The molecule has 0 amide bonds. The van der Waals surface area contributed by atoms with E-state index in [-0.39, 0.29) is 28.9 Å². The summed E-state index contributed by atoms with van der Waals surface area (Å²) in [4.78, 5) is 12.2. The van der Waals surface area contributed by atoms with Crippen molar-refractivity contribution in [3.63, 3.8) is 0 Å². The molecule has 3 rings (SSSR count). The van der Waals surface area contributed by atoms with Crippen LogP contribution in [0.5, 0.6) is 0 Å². The van der Waals surface area contributed by atoms with Crippen LogP contribution in [0.3, 0.4) is 0 Å². The van der Waals surface area contributed by atoms with Gasteiger partial charge in [-0.2, -0.15) is 0 Å². The highest BCUT2D eigenvalue weighted by Gasteiger charge is 2.62. The van der Waals surface area contributed by atoms with E-state index in [2.05, 4.69) is 20.8 Å². The third kappa shape index (κ3) is 2.24. The average Bonchev–Trinajstić information content (AvgIpc) is 2.75. The maximum atomic E-state index is 13.6. The molecule has 0 saturated heterocycles. The molecule has 2 saturated carbocycles. The number of ether oxygens (including phenoxy) is 1. The third-order valence-corrected chi connectivity index (χ3v) is 6.34. The van der Waals surface area contributed by atoms with Crippen LogP contribution in [0.15, 0.2) is 18.2 Å². The fourth-order valence-corrected chi connectivity index (χ4v) is 4.33. The second-order valence-electron chi connectivity index (χ2n) is 7.50. The van der Waals surface area contributed by atoms with Gasteiger partial charge >= 0.3 is 5.97 Å². The van der Waals surface area contributed by atoms with Crippen LogP contribution in [0.1, 0.15) is 45.6 Å². The highest BCUT2D eigenvalue weighted by Crippen LogP contribution is 2.66. The summed E-state index contributed by atoms with van der Waals surface area (Å²) in [6.07, 6.45) is 2.89. The lowest BCUT2D eigenvalue weighted by atomic mass is 9.70. The standard InChI is InChI=1S/C18H22F2O2/c1-17(2)12-6-7-18(17,3)15(9-12)22-16(21)8-11-4-5-13(19)10-14(11)20/h4-5,10,12,15H,6-9H2,1-3H3/t12-,15+,18-/m1/s1. The molecule has 0 unspecified atom stereocenters. The summed E-state index contributed by atoms with van der Waals surface area (Å²) >= 11 is 0. The van der Waals surface area contributed by atoms with E-state index in [1.54, 1.807) is 0 Å². The average molecular weight is 308 g/mol. The van der Waals surface area contributed by atoms with Gasteiger partial charge in [0.15, 0.2) is 0 Å². The molecule has 2 aliphatic rings. The first kappa shape index (κ1) is 15.4. The Morgan fingerprint density at radius 2 is 2.05 bits per heavy atom. The highest BCUT2D eigenvalue weighted by molar-refractivity contribution is 5.73. The lowest BCUT2D eigenvalue weighted by molar-refractivity contribution is -0.156. The minimum Gasteiger partial charge on any atom is -0.462 e. The molecule has 0 aromatic heterocycles. The predicted octanol–water partition coefficient (Wildman–Crippen LogP) is 4.27. The Bertz CT molecular complexity index is 611. The molecule has 2 aliphatic carbocycles. The smallest absolute Gasteiger partial charge is 0.310 e. The van der Waals surface area contributed by atoms with E-state index < -0.39 is 17.6 Å². The third-order valence-electron chi connectivity index (χ3n) is 6.34. The van der Waals surface area contributed by atoms with Crippen LogP contribution >= 0.6 is 0 Å². The van der Waals surface area contributed by atoms with Crippen molar-refractivity contribution in [2.75, 3.05) is 0 Å². The normalized spacial score (nSPS) is 32.2. The van der Waals surface area contributed by atoms with E-state index in [9.17, 15) is 13.6 Å². The van der Waals surface area contributed by atoms with Crippen LogP contribution in [0, 0.1) is 28.4 Å². The molecule has 120 valence electrons. The molecule has 3 atom stereocenters. The fourth-order valence-electron chi connectivity index (χ4n) is 4.33. The zero-order valence-electron chi connectivity index (χ0n) is 13.3. The minimum absolute atomic E-state index is 0.00529. The van der Waals surface area contributed by atoms with Crippen molar-refractivity contribution in [1.82, 2.24) is 0 Å². The Kier molecular flexibility index (Phi) is 3.54. The number of benzene rings is 1. The van der Waals surface area contributed by atoms with E-state index in [1.165, 1.54) is 12.5 Å².